The highest BCUT2D eigenvalue weighted by molar-refractivity contribution is 4.97. The molecule has 1 aliphatic carbocycles. The summed E-state index contributed by atoms with van der Waals surface area (Å²) in [5, 5.41) is 3.66. The van der Waals surface area contributed by atoms with Crippen LogP contribution in [0.2, 0.25) is 0 Å². The predicted octanol–water partition coefficient (Wildman–Crippen LogP) is 4.15. The second-order valence-corrected chi connectivity index (χ2v) is 6.39. The quantitative estimate of drug-likeness (QED) is 0.691. The van der Waals surface area contributed by atoms with Crippen molar-refractivity contribution >= 4 is 0 Å². The zero-order valence-corrected chi connectivity index (χ0v) is 11.6. The van der Waals surface area contributed by atoms with Gasteiger partial charge in [0.05, 0.1) is 0 Å². The van der Waals surface area contributed by atoms with E-state index in [4.69, 9.17) is 0 Å². The summed E-state index contributed by atoms with van der Waals surface area (Å²) in [4.78, 5) is 0. The molecule has 16 heavy (non-hydrogen) atoms. The first-order chi connectivity index (χ1) is 7.42. The molecule has 1 fully saturated rings. The van der Waals surface area contributed by atoms with Crippen LogP contribution in [-0.4, -0.2) is 12.1 Å². The molecule has 0 saturated heterocycles. The second-order valence-electron chi connectivity index (χ2n) is 6.39. The Bertz CT molecular complexity index is 224. The summed E-state index contributed by atoms with van der Waals surface area (Å²) in [5.41, 5.74) is 1.70. The molecule has 2 unspecified atom stereocenters. The van der Waals surface area contributed by atoms with Crippen molar-refractivity contribution in [2.24, 2.45) is 11.8 Å². The van der Waals surface area contributed by atoms with E-state index < -0.39 is 0 Å². The lowest BCUT2D eigenvalue weighted by atomic mass is 9.88. The van der Waals surface area contributed by atoms with Gasteiger partial charge in [0.1, 0.15) is 0 Å². The maximum atomic E-state index is 4.16. The first-order valence-corrected chi connectivity index (χ1v) is 6.84. The smallest absolute Gasteiger partial charge is 0.00966 e. The van der Waals surface area contributed by atoms with Gasteiger partial charge in [-0.05, 0) is 64.8 Å². The van der Waals surface area contributed by atoms with Gasteiger partial charge < -0.3 is 5.32 Å². The molecule has 0 spiro atoms. The highest BCUT2D eigenvalue weighted by Gasteiger charge is 2.27. The molecule has 0 aliphatic heterocycles. The number of allylic oxidation sites excluding steroid dienone is 1. The van der Waals surface area contributed by atoms with Gasteiger partial charge in [-0.2, -0.15) is 0 Å². The molecule has 0 bridgehead atoms. The number of rotatable bonds is 5. The molecule has 1 aliphatic rings. The molecule has 1 heteroatoms. The Kier molecular flexibility index (Phi) is 5.04. The van der Waals surface area contributed by atoms with Gasteiger partial charge in [-0.3, -0.25) is 0 Å². The molecular formula is C15H29N. The van der Waals surface area contributed by atoms with Gasteiger partial charge in [-0.1, -0.05) is 25.5 Å². The van der Waals surface area contributed by atoms with Gasteiger partial charge in [-0.15, -0.1) is 0 Å². The highest BCUT2D eigenvalue weighted by atomic mass is 14.9. The van der Waals surface area contributed by atoms with Crippen molar-refractivity contribution < 1.29 is 0 Å². The summed E-state index contributed by atoms with van der Waals surface area (Å²) < 4.78 is 0. The Morgan fingerprint density at radius 2 is 1.88 bits per heavy atom. The van der Waals surface area contributed by atoms with E-state index in [0.717, 1.165) is 18.3 Å². The summed E-state index contributed by atoms with van der Waals surface area (Å²) in [6, 6.07) is 0. The average molecular weight is 223 g/mol. The lowest BCUT2D eigenvalue weighted by Crippen LogP contribution is -2.39. The lowest BCUT2D eigenvalue weighted by Gasteiger charge is -2.26. The van der Waals surface area contributed by atoms with E-state index in [1.165, 1.54) is 37.8 Å². The maximum absolute atomic E-state index is 4.16. The lowest BCUT2D eigenvalue weighted by molar-refractivity contribution is 0.316. The normalized spacial score (nSPS) is 26.0. The van der Waals surface area contributed by atoms with Crippen LogP contribution in [0.5, 0.6) is 0 Å². The van der Waals surface area contributed by atoms with Crippen molar-refractivity contribution in [3.63, 3.8) is 0 Å². The van der Waals surface area contributed by atoms with Gasteiger partial charge in [0, 0.05) is 5.54 Å². The molecular weight excluding hydrogens is 194 g/mol. The Labute approximate surface area is 102 Å². The largest absolute Gasteiger partial charge is 0.312 e. The highest BCUT2D eigenvalue weighted by Crippen LogP contribution is 2.36. The number of nitrogens with one attached hydrogen (secondary N) is 1. The molecule has 1 N–H and O–H groups in total. The molecule has 0 amide bonds. The Balaban J connectivity index is 2.37. The Hall–Kier alpha value is -0.300. The topological polar surface area (TPSA) is 12.0 Å². The van der Waals surface area contributed by atoms with E-state index in [-0.39, 0.29) is 5.54 Å². The zero-order valence-electron chi connectivity index (χ0n) is 11.6. The van der Waals surface area contributed by atoms with Crippen molar-refractivity contribution in [1.82, 2.24) is 5.32 Å². The van der Waals surface area contributed by atoms with E-state index >= 15 is 0 Å². The first kappa shape index (κ1) is 13.8. The first-order valence-electron chi connectivity index (χ1n) is 6.84. The minimum atomic E-state index is 0.259. The van der Waals surface area contributed by atoms with E-state index in [0.29, 0.717) is 0 Å². The number of hydrogen-bond donors (Lipinski definition) is 1. The zero-order chi connectivity index (χ0) is 12.2. The molecule has 1 rings (SSSR count). The summed E-state index contributed by atoms with van der Waals surface area (Å²) in [6.07, 6.45) is 6.64. The van der Waals surface area contributed by atoms with Crippen LogP contribution in [0, 0.1) is 11.8 Å². The van der Waals surface area contributed by atoms with Crippen LogP contribution in [0.25, 0.3) is 0 Å². The molecule has 0 heterocycles. The van der Waals surface area contributed by atoms with Crippen LogP contribution in [0.3, 0.4) is 0 Å². The van der Waals surface area contributed by atoms with Crippen LogP contribution in [0.1, 0.15) is 59.8 Å². The fourth-order valence-electron chi connectivity index (χ4n) is 2.60. The van der Waals surface area contributed by atoms with Gasteiger partial charge in [-0.25, -0.2) is 0 Å². The van der Waals surface area contributed by atoms with Crippen LogP contribution < -0.4 is 5.32 Å². The molecule has 0 aromatic heterocycles. The monoisotopic (exact) mass is 223 g/mol. The van der Waals surface area contributed by atoms with Crippen LogP contribution in [0.15, 0.2) is 12.2 Å². The van der Waals surface area contributed by atoms with E-state index in [1.807, 2.05) is 0 Å². The third kappa shape index (κ3) is 4.69. The van der Waals surface area contributed by atoms with Crippen molar-refractivity contribution in [2.75, 3.05) is 6.54 Å². The maximum Gasteiger partial charge on any atom is 0.00966 e. The van der Waals surface area contributed by atoms with Gasteiger partial charge >= 0.3 is 0 Å². The standard InChI is InChI=1S/C15H29N/c1-6-12(2)10-13-8-7-9-14(13)11-16-15(3,4)5/h13-14,16H,2,6-11H2,1,3-5H3. The van der Waals surface area contributed by atoms with Gasteiger partial charge in [0.25, 0.3) is 0 Å². The summed E-state index contributed by atoms with van der Waals surface area (Å²) >= 11 is 0. The third-order valence-corrected chi connectivity index (χ3v) is 3.76. The molecule has 0 aromatic rings. The average Bonchev–Trinajstić information content (AvgIpc) is 2.61. The molecule has 1 saturated carbocycles. The summed E-state index contributed by atoms with van der Waals surface area (Å²) in [6.45, 7) is 14.3. The van der Waals surface area contributed by atoms with E-state index in [1.54, 1.807) is 0 Å². The Morgan fingerprint density at radius 3 is 2.44 bits per heavy atom. The van der Waals surface area contributed by atoms with Crippen molar-refractivity contribution in [1.29, 1.82) is 0 Å². The van der Waals surface area contributed by atoms with Crippen LogP contribution in [-0.2, 0) is 0 Å². The van der Waals surface area contributed by atoms with E-state index in [2.05, 4.69) is 39.6 Å². The van der Waals surface area contributed by atoms with Gasteiger partial charge in [0.2, 0.25) is 0 Å². The van der Waals surface area contributed by atoms with Gasteiger partial charge in [0.15, 0.2) is 0 Å². The molecule has 0 aromatic carbocycles. The summed E-state index contributed by atoms with van der Waals surface area (Å²) in [7, 11) is 0. The minimum absolute atomic E-state index is 0.259. The molecule has 2 atom stereocenters. The van der Waals surface area contributed by atoms with Crippen LogP contribution >= 0.6 is 0 Å². The second kappa shape index (κ2) is 5.86. The third-order valence-electron chi connectivity index (χ3n) is 3.76. The molecule has 0 radical (unpaired) electrons. The van der Waals surface area contributed by atoms with Crippen molar-refractivity contribution in [3.05, 3.63) is 12.2 Å². The predicted molar refractivity (Wildman–Crippen MR) is 72.6 cm³/mol. The molecule has 94 valence electrons. The SMILES string of the molecule is C=C(CC)CC1CCCC1CNC(C)(C)C. The Morgan fingerprint density at radius 1 is 1.25 bits per heavy atom. The van der Waals surface area contributed by atoms with E-state index in [9.17, 15) is 0 Å². The fourth-order valence-corrected chi connectivity index (χ4v) is 2.60. The fraction of sp³-hybridized carbons (Fsp3) is 0.867. The molecule has 1 nitrogen and oxygen atoms in total. The minimum Gasteiger partial charge on any atom is -0.312 e. The summed E-state index contributed by atoms with van der Waals surface area (Å²) in [5.74, 6) is 1.77. The van der Waals surface area contributed by atoms with Crippen molar-refractivity contribution in [3.8, 4) is 0 Å². The van der Waals surface area contributed by atoms with Crippen LogP contribution in [0.4, 0.5) is 0 Å². The van der Waals surface area contributed by atoms with Crippen molar-refractivity contribution in [2.45, 2.75) is 65.3 Å². The number of hydrogen-bond acceptors (Lipinski definition) is 1.